The van der Waals surface area contributed by atoms with Gasteiger partial charge in [0.2, 0.25) is 0 Å². The van der Waals surface area contributed by atoms with Gasteiger partial charge in [-0.1, -0.05) is 36.0 Å². The standard InChI is InChI=1S/C27H28N6O2S/c1-3-6-25(36-2)24-16-21(31-35-24)17-33-22-8-5-4-7-19(22)15-23(33)27(34)30-20-10-13-32(14-11-20)26-9-12-28-18-29-26/h3-9,12,15-16,18,20H,1,10-11,13-14,17H2,2H3,(H,30,34)/b25-6-. The number of aromatic nitrogens is 4. The number of piperidine rings is 1. The summed E-state index contributed by atoms with van der Waals surface area (Å²) < 4.78 is 7.60. The minimum Gasteiger partial charge on any atom is -0.356 e. The molecule has 5 rings (SSSR count). The van der Waals surface area contributed by atoms with Crippen LogP contribution in [-0.4, -0.2) is 51.0 Å². The Bertz CT molecular complexity index is 1390. The van der Waals surface area contributed by atoms with Crippen molar-refractivity contribution in [2.45, 2.75) is 25.4 Å². The predicted molar refractivity (Wildman–Crippen MR) is 144 cm³/mol. The summed E-state index contributed by atoms with van der Waals surface area (Å²) in [5.74, 6) is 1.54. The molecule has 1 aliphatic rings. The number of hydrogen-bond donors (Lipinski definition) is 1. The van der Waals surface area contributed by atoms with Crippen LogP contribution >= 0.6 is 11.8 Å². The van der Waals surface area contributed by atoms with Gasteiger partial charge >= 0.3 is 0 Å². The highest BCUT2D eigenvalue weighted by atomic mass is 32.2. The molecule has 4 heterocycles. The van der Waals surface area contributed by atoms with Crippen LogP contribution in [0.1, 0.15) is 34.8 Å². The third-order valence-electron chi connectivity index (χ3n) is 6.37. The summed E-state index contributed by atoms with van der Waals surface area (Å²) in [5.41, 5.74) is 2.35. The van der Waals surface area contributed by atoms with Gasteiger partial charge in [0, 0.05) is 42.3 Å². The Labute approximate surface area is 214 Å². The molecule has 4 aromatic rings. The van der Waals surface area contributed by atoms with Gasteiger partial charge in [-0.3, -0.25) is 4.79 Å². The molecular weight excluding hydrogens is 472 g/mol. The average molecular weight is 501 g/mol. The van der Waals surface area contributed by atoms with E-state index in [1.54, 1.807) is 30.4 Å². The van der Waals surface area contributed by atoms with Crippen LogP contribution in [0.25, 0.3) is 15.8 Å². The summed E-state index contributed by atoms with van der Waals surface area (Å²) in [6.07, 6.45) is 10.6. The maximum Gasteiger partial charge on any atom is 0.268 e. The molecular formula is C27H28N6O2S. The lowest BCUT2D eigenvalue weighted by atomic mass is 10.0. The molecule has 0 unspecified atom stereocenters. The van der Waals surface area contributed by atoms with Crippen molar-refractivity contribution in [1.82, 2.24) is 25.0 Å². The van der Waals surface area contributed by atoms with E-state index >= 15 is 0 Å². The van der Waals surface area contributed by atoms with Crippen LogP contribution in [0.5, 0.6) is 0 Å². The van der Waals surface area contributed by atoms with Crippen LogP contribution < -0.4 is 10.2 Å². The number of para-hydroxylation sites is 1. The Morgan fingerprint density at radius 1 is 1.25 bits per heavy atom. The average Bonchev–Trinajstić information content (AvgIpc) is 3.53. The van der Waals surface area contributed by atoms with Crippen LogP contribution in [0.2, 0.25) is 0 Å². The Hall–Kier alpha value is -3.85. The zero-order valence-corrected chi connectivity index (χ0v) is 20.9. The summed E-state index contributed by atoms with van der Waals surface area (Å²) in [6, 6.07) is 13.9. The first kappa shape index (κ1) is 23.9. The van der Waals surface area contributed by atoms with E-state index in [9.17, 15) is 4.79 Å². The first-order valence-corrected chi connectivity index (χ1v) is 13.1. The molecule has 9 heteroatoms. The molecule has 1 fully saturated rings. The fraction of sp³-hybridized carbons (Fsp3) is 0.259. The zero-order valence-electron chi connectivity index (χ0n) is 20.1. The van der Waals surface area contributed by atoms with E-state index in [2.05, 4.69) is 31.9 Å². The van der Waals surface area contributed by atoms with Crippen molar-refractivity contribution in [2.24, 2.45) is 0 Å². The summed E-state index contributed by atoms with van der Waals surface area (Å²) in [7, 11) is 0. The third kappa shape index (κ3) is 5.06. The first-order valence-electron chi connectivity index (χ1n) is 11.9. The van der Waals surface area contributed by atoms with E-state index in [1.807, 2.05) is 59.4 Å². The molecule has 0 bridgehead atoms. The number of allylic oxidation sites excluding steroid dienone is 2. The molecule has 1 aromatic carbocycles. The zero-order chi connectivity index (χ0) is 24.9. The highest BCUT2D eigenvalue weighted by molar-refractivity contribution is 8.07. The van der Waals surface area contributed by atoms with Crippen LogP contribution in [0.4, 0.5) is 5.82 Å². The van der Waals surface area contributed by atoms with Crippen molar-refractivity contribution < 1.29 is 9.32 Å². The topological polar surface area (TPSA) is 89.1 Å². The number of amides is 1. The largest absolute Gasteiger partial charge is 0.356 e. The summed E-state index contributed by atoms with van der Waals surface area (Å²) in [4.78, 5) is 25.0. The molecule has 0 saturated carbocycles. The Kier molecular flexibility index (Phi) is 7.18. The summed E-state index contributed by atoms with van der Waals surface area (Å²) in [6.45, 7) is 5.87. The second-order valence-corrected chi connectivity index (χ2v) is 9.48. The monoisotopic (exact) mass is 500 g/mol. The highest BCUT2D eigenvalue weighted by Gasteiger charge is 2.24. The molecule has 0 spiro atoms. The van der Waals surface area contributed by atoms with Crippen molar-refractivity contribution in [3.05, 3.63) is 90.9 Å². The fourth-order valence-corrected chi connectivity index (χ4v) is 5.10. The molecule has 184 valence electrons. The molecule has 8 nitrogen and oxygen atoms in total. The number of hydrogen-bond acceptors (Lipinski definition) is 7. The number of carbonyl (C=O) groups excluding carboxylic acids is 1. The maximum absolute atomic E-state index is 13.5. The van der Waals surface area contributed by atoms with Gasteiger partial charge in [-0.2, -0.15) is 0 Å². The fourth-order valence-electron chi connectivity index (χ4n) is 4.57. The molecule has 0 atom stereocenters. The molecule has 0 radical (unpaired) electrons. The van der Waals surface area contributed by atoms with E-state index in [0.29, 0.717) is 18.0 Å². The molecule has 3 aromatic heterocycles. The van der Waals surface area contributed by atoms with Crippen LogP contribution in [0, 0.1) is 0 Å². The van der Waals surface area contributed by atoms with Gasteiger partial charge in [-0.15, -0.1) is 11.8 Å². The molecule has 36 heavy (non-hydrogen) atoms. The Balaban J connectivity index is 1.33. The SMILES string of the molecule is C=C/C=C(\SC)c1cc(Cn2c(C(=O)NC3CCN(c4ccncn4)CC3)cc3ccccc32)no1. The van der Waals surface area contributed by atoms with E-state index < -0.39 is 0 Å². The van der Waals surface area contributed by atoms with Gasteiger partial charge in [0.15, 0.2) is 5.76 Å². The number of anilines is 1. The number of carbonyl (C=O) groups is 1. The number of thioether (sulfide) groups is 1. The normalized spacial score (nSPS) is 14.8. The smallest absolute Gasteiger partial charge is 0.268 e. The van der Waals surface area contributed by atoms with Gasteiger partial charge in [0.1, 0.15) is 23.5 Å². The van der Waals surface area contributed by atoms with Crippen LogP contribution in [-0.2, 0) is 6.54 Å². The van der Waals surface area contributed by atoms with E-state index in [-0.39, 0.29) is 11.9 Å². The lowest BCUT2D eigenvalue weighted by Crippen LogP contribution is -2.45. The van der Waals surface area contributed by atoms with Crippen molar-refractivity contribution in [1.29, 1.82) is 0 Å². The number of rotatable bonds is 8. The maximum atomic E-state index is 13.5. The number of nitrogens with zero attached hydrogens (tertiary/aromatic N) is 5. The van der Waals surface area contributed by atoms with Crippen molar-refractivity contribution in [3.63, 3.8) is 0 Å². The highest BCUT2D eigenvalue weighted by Crippen LogP contribution is 2.27. The minimum absolute atomic E-state index is 0.0771. The lowest BCUT2D eigenvalue weighted by molar-refractivity contribution is 0.0922. The molecule has 1 amide bonds. The molecule has 1 saturated heterocycles. The summed E-state index contributed by atoms with van der Waals surface area (Å²) >= 11 is 1.57. The second-order valence-electron chi connectivity index (χ2n) is 8.63. The molecule has 0 aliphatic carbocycles. The number of nitrogens with one attached hydrogen (secondary N) is 1. The van der Waals surface area contributed by atoms with Gasteiger partial charge in [0.05, 0.1) is 11.4 Å². The minimum atomic E-state index is -0.0771. The molecule has 1 N–H and O–H groups in total. The predicted octanol–water partition coefficient (Wildman–Crippen LogP) is 4.76. The quantitative estimate of drug-likeness (QED) is 0.349. The van der Waals surface area contributed by atoms with Crippen molar-refractivity contribution in [3.8, 4) is 0 Å². The van der Waals surface area contributed by atoms with E-state index in [0.717, 1.165) is 53.3 Å². The van der Waals surface area contributed by atoms with E-state index in [1.165, 1.54) is 0 Å². The molecule has 1 aliphatic heterocycles. The lowest BCUT2D eigenvalue weighted by Gasteiger charge is -2.33. The first-order chi connectivity index (χ1) is 17.7. The van der Waals surface area contributed by atoms with Crippen LogP contribution in [0.3, 0.4) is 0 Å². The van der Waals surface area contributed by atoms with Crippen molar-refractivity contribution in [2.75, 3.05) is 24.2 Å². The third-order valence-corrected chi connectivity index (χ3v) is 7.15. The van der Waals surface area contributed by atoms with Crippen molar-refractivity contribution >= 4 is 39.3 Å². The Morgan fingerprint density at radius 3 is 2.83 bits per heavy atom. The second kappa shape index (κ2) is 10.8. The number of fused-ring (bicyclic) bond motifs is 1. The number of benzene rings is 1. The summed E-state index contributed by atoms with van der Waals surface area (Å²) in [5, 5.41) is 8.54. The van der Waals surface area contributed by atoms with Gasteiger partial charge in [-0.05, 0) is 43.4 Å². The van der Waals surface area contributed by atoms with E-state index in [4.69, 9.17) is 4.52 Å². The van der Waals surface area contributed by atoms with Gasteiger partial charge < -0.3 is 19.3 Å². The van der Waals surface area contributed by atoms with Gasteiger partial charge in [-0.25, -0.2) is 9.97 Å². The van der Waals surface area contributed by atoms with Crippen LogP contribution in [0.15, 0.2) is 78.2 Å². The Morgan fingerprint density at radius 2 is 2.08 bits per heavy atom. The van der Waals surface area contributed by atoms with Gasteiger partial charge in [0.25, 0.3) is 5.91 Å².